The van der Waals surface area contributed by atoms with Gasteiger partial charge in [-0.15, -0.1) is 0 Å². The van der Waals surface area contributed by atoms with Gasteiger partial charge >= 0.3 is 0 Å². The second-order valence-corrected chi connectivity index (χ2v) is 6.05. The van der Waals surface area contributed by atoms with E-state index in [2.05, 4.69) is 26.1 Å². The Labute approximate surface area is 93.8 Å². The third-order valence-electron chi connectivity index (χ3n) is 2.32. The second kappa shape index (κ2) is 5.50. The third kappa shape index (κ3) is 8.43. The Morgan fingerprint density at radius 1 is 1.20 bits per heavy atom. The SMILES string of the molecule is CC(C)(C)CCCC(=O)NC(C)(C)CN. The number of hydrogen-bond donors (Lipinski definition) is 2. The summed E-state index contributed by atoms with van der Waals surface area (Å²) in [5.41, 5.74) is 5.57. The molecule has 0 heterocycles. The van der Waals surface area contributed by atoms with Crippen molar-refractivity contribution in [3.05, 3.63) is 0 Å². The summed E-state index contributed by atoms with van der Waals surface area (Å²) >= 11 is 0. The predicted octanol–water partition coefficient (Wildman–Crippen LogP) is 2.06. The summed E-state index contributed by atoms with van der Waals surface area (Å²) in [5.74, 6) is 0.106. The molecule has 3 N–H and O–H groups in total. The normalized spacial score (nSPS) is 12.7. The number of nitrogens with two attached hydrogens (primary N) is 1. The minimum atomic E-state index is -0.279. The molecule has 90 valence electrons. The van der Waals surface area contributed by atoms with E-state index in [1.54, 1.807) is 0 Å². The monoisotopic (exact) mass is 214 g/mol. The van der Waals surface area contributed by atoms with Crippen LogP contribution in [0.4, 0.5) is 0 Å². The Bertz CT molecular complexity index is 204. The standard InChI is InChI=1S/C12H26N2O/c1-11(2,3)8-6-7-10(15)14-12(4,5)9-13/h6-9,13H2,1-5H3,(H,14,15). The molecule has 0 aromatic rings. The molecule has 0 fully saturated rings. The molecule has 0 aliphatic carbocycles. The quantitative estimate of drug-likeness (QED) is 0.736. The van der Waals surface area contributed by atoms with Crippen molar-refractivity contribution < 1.29 is 4.79 Å². The number of nitrogens with one attached hydrogen (secondary N) is 1. The van der Waals surface area contributed by atoms with Crippen molar-refractivity contribution in [1.29, 1.82) is 0 Å². The van der Waals surface area contributed by atoms with Gasteiger partial charge in [0.05, 0.1) is 0 Å². The molecule has 0 bridgehead atoms. The van der Waals surface area contributed by atoms with Gasteiger partial charge in [0.1, 0.15) is 0 Å². The predicted molar refractivity (Wildman–Crippen MR) is 64.6 cm³/mol. The number of carbonyl (C=O) groups is 1. The zero-order valence-corrected chi connectivity index (χ0v) is 10.8. The van der Waals surface area contributed by atoms with E-state index < -0.39 is 0 Å². The van der Waals surface area contributed by atoms with Crippen LogP contribution in [0.15, 0.2) is 0 Å². The van der Waals surface area contributed by atoms with Crippen molar-refractivity contribution in [1.82, 2.24) is 5.32 Å². The zero-order chi connectivity index (χ0) is 12.1. The summed E-state index contributed by atoms with van der Waals surface area (Å²) in [7, 11) is 0. The van der Waals surface area contributed by atoms with Crippen LogP contribution in [0.5, 0.6) is 0 Å². The van der Waals surface area contributed by atoms with Gasteiger partial charge in [0.2, 0.25) is 5.91 Å². The van der Waals surface area contributed by atoms with Crippen molar-refractivity contribution in [2.45, 2.75) is 59.4 Å². The van der Waals surface area contributed by atoms with Gasteiger partial charge in [-0.25, -0.2) is 0 Å². The summed E-state index contributed by atoms with van der Waals surface area (Å²) < 4.78 is 0. The fourth-order valence-corrected chi connectivity index (χ4v) is 1.27. The molecular formula is C12H26N2O. The van der Waals surface area contributed by atoms with Gasteiger partial charge in [-0.2, -0.15) is 0 Å². The van der Waals surface area contributed by atoms with Crippen LogP contribution in [0, 0.1) is 5.41 Å². The number of carbonyl (C=O) groups excluding carboxylic acids is 1. The summed E-state index contributed by atoms with van der Waals surface area (Å²) in [6.45, 7) is 10.9. The Morgan fingerprint density at radius 2 is 1.73 bits per heavy atom. The van der Waals surface area contributed by atoms with Gasteiger partial charge in [0.25, 0.3) is 0 Å². The van der Waals surface area contributed by atoms with Crippen LogP contribution < -0.4 is 11.1 Å². The highest BCUT2D eigenvalue weighted by molar-refractivity contribution is 5.76. The first kappa shape index (κ1) is 14.4. The molecule has 15 heavy (non-hydrogen) atoms. The van der Waals surface area contributed by atoms with E-state index in [0.29, 0.717) is 18.4 Å². The molecule has 0 spiro atoms. The van der Waals surface area contributed by atoms with Gasteiger partial charge in [-0.1, -0.05) is 20.8 Å². The summed E-state index contributed by atoms with van der Waals surface area (Å²) in [6.07, 6.45) is 2.61. The van der Waals surface area contributed by atoms with Gasteiger partial charge in [-0.3, -0.25) is 4.79 Å². The molecule has 0 saturated carbocycles. The van der Waals surface area contributed by atoms with Gasteiger partial charge in [0, 0.05) is 18.5 Å². The highest BCUT2D eigenvalue weighted by atomic mass is 16.1. The van der Waals surface area contributed by atoms with E-state index in [1.165, 1.54) is 0 Å². The maximum atomic E-state index is 11.5. The van der Waals surface area contributed by atoms with Crippen LogP contribution >= 0.6 is 0 Å². The van der Waals surface area contributed by atoms with Crippen LogP contribution in [0.1, 0.15) is 53.9 Å². The first-order valence-corrected chi connectivity index (χ1v) is 5.67. The van der Waals surface area contributed by atoms with Crippen LogP contribution in [0.25, 0.3) is 0 Å². The zero-order valence-electron chi connectivity index (χ0n) is 10.8. The molecule has 0 rings (SSSR count). The van der Waals surface area contributed by atoms with Crippen molar-refractivity contribution in [3.63, 3.8) is 0 Å². The van der Waals surface area contributed by atoms with Crippen molar-refractivity contribution in [3.8, 4) is 0 Å². The van der Waals surface area contributed by atoms with Crippen molar-refractivity contribution in [2.75, 3.05) is 6.54 Å². The minimum absolute atomic E-state index is 0.106. The van der Waals surface area contributed by atoms with Crippen molar-refractivity contribution >= 4 is 5.91 Å². The maximum absolute atomic E-state index is 11.5. The van der Waals surface area contributed by atoms with Gasteiger partial charge in [-0.05, 0) is 32.1 Å². The molecule has 0 radical (unpaired) electrons. The molecule has 0 saturated heterocycles. The fraction of sp³-hybridized carbons (Fsp3) is 0.917. The molecule has 0 unspecified atom stereocenters. The fourth-order valence-electron chi connectivity index (χ4n) is 1.27. The van der Waals surface area contributed by atoms with E-state index in [0.717, 1.165) is 12.8 Å². The maximum Gasteiger partial charge on any atom is 0.220 e. The summed E-state index contributed by atoms with van der Waals surface area (Å²) in [6, 6.07) is 0. The molecular weight excluding hydrogens is 188 g/mol. The van der Waals surface area contributed by atoms with Crippen molar-refractivity contribution in [2.24, 2.45) is 11.1 Å². The number of rotatable bonds is 5. The molecule has 3 heteroatoms. The molecule has 1 amide bonds. The Morgan fingerprint density at radius 3 is 2.13 bits per heavy atom. The van der Waals surface area contributed by atoms with Crippen LogP contribution in [0.2, 0.25) is 0 Å². The van der Waals surface area contributed by atoms with Gasteiger partial charge < -0.3 is 11.1 Å². The van der Waals surface area contributed by atoms with E-state index in [4.69, 9.17) is 5.73 Å². The Kier molecular flexibility index (Phi) is 5.29. The van der Waals surface area contributed by atoms with Crippen LogP contribution in [0.3, 0.4) is 0 Å². The largest absolute Gasteiger partial charge is 0.350 e. The lowest BCUT2D eigenvalue weighted by Crippen LogP contribution is -2.48. The average Bonchev–Trinajstić information content (AvgIpc) is 2.00. The van der Waals surface area contributed by atoms with E-state index in [9.17, 15) is 4.79 Å². The Hall–Kier alpha value is -0.570. The minimum Gasteiger partial charge on any atom is -0.350 e. The molecule has 0 atom stereocenters. The second-order valence-electron chi connectivity index (χ2n) is 6.05. The topological polar surface area (TPSA) is 55.1 Å². The Balaban J connectivity index is 3.77. The lowest BCUT2D eigenvalue weighted by molar-refractivity contribution is -0.122. The smallest absolute Gasteiger partial charge is 0.220 e. The lowest BCUT2D eigenvalue weighted by atomic mass is 9.90. The van der Waals surface area contributed by atoms with E-state index in [-0.39, 0.29) is 11.4 Å². The summed E-state index contributed by atoms with van der Waals surface area (Å²) in [5, 5.41) is 2.93. The van der Waals surface area contributed by atoms with E-state index >= 15 is 0 Å². The number of hydrogen-bond acceptors (Lipinski definition) is 2. The van der Waals surface area contributed by atoms with E-state index in [1.807, 2.05) is 13.8 Å². The highest BCUT2D eigenvalue weighted by Crippen LogP contribution is 2.21. The average molecular weight is 214 g/mol. The molecule has 0 aliphatic rings. The summed E-state index contributed by atoms with van der Waals surface area (Å²) in [4.78, 5) is 11.5. The highest BCUT2D eigenvalue weighted by Gasteiger charge is 2.18. The molecule has 3 nitrogen and oxygen atoms in total. The molecule has 0 aromatic carbocycles. The third-order valence-corrected chi connectivity index (χ3v) is 2.32. The van der Waals surface area contributed by atoms with Gasteiger partial charge in [0.15, 0.2) is 0 Å². The van der Waals surface area contributed by atoms with Crippen LogP contribution in [-0.2, 0) is 4.79 Å². The number of amides is 1. The molecule has 0 aliphatic heterocycles. The first-order valence-electron chi connectivity index (χ1n) is 5.67. The van der Waals surface area contributed by atoms with Crippen LogP contribution in [-0.4, -0.2) is 18.0 Å². The lowest BCUT2D eigenvalue weighted by Gasteiger charge is -2.24. The first-order chi connectivity index (χ1) is 6.66. The molecule has 0 aromatic heterocycles.